The molecule has 0 radical (unpaired) electrons. The highest BCUT2D eigenvalue weighted by molar-refractivity contribution is 7.10. The lowest BCUT2D eigenvalue weighted by Crippen LogP contribution is -2.31. The van der Waals surface area contributed by atoms with E-state index in [0.717, 1.165) is 19.3 Å². The van der Waals surface area contributed by atoms with Crippen molar-refractivity contribution in [3.8, 4) is 0 Å². The van der Waals surface area contributed by atoms with Crippen molar-refractivity contribution < 1.29 is 4.79 Å². The van der Waals surface area contributed by atoms with Gasteiger partial charge in [0.15, 0.2) is 0 Å². The van der Waals surface area contributed by atoms with Gasteiger partial charge in [0.2, 0.25) is 0 Å². The first kappa shape index (κ1) is 13.1. The molecule has 2 heterocycles. The molecule has 5 nitrogen and oxygen atoms in total. The Bertz CT molecular complexity index is 625. The summed E-state index contributed by atoms with van der Waals surface area (Å²) in [5, 5.41) is 5.17. The molecular weight excluding hydrogens is 272 g/mol. The number of hydrogen-bond acceptors (Lipinski definition) is 5. The van der Waals surface area contributed by atoms with Gasteiger partial charge in [-0.1, -0.05) is 0 Å². The topological polar surface area (TPSA) is 80.0 Å². The van der Waals surface area contributed by atoms with Crippen LogP contribution in [0.1, 0.15) is 39.7 Å². The molecule has 0 aliphatic heterocycles. The van der Waals surface area contributed by atoms with Gasteiger partial charge >= 0.3 is 0 Å². The van der Waals surface area contributed by atoms with Crippen molar-refractivity contribution in [3.05, 3.63) is 45.9 Å². The number of pyridine rings is 1. The fourth-order valence-corrected chi connectivity index (χ4v) is 3.56. The number of nitrogens with zero attached hydrogens (tertiary/aromatic N) is 1. The first-order valence-corrected chi connectivity index (χ1v) is 7.45. The fraction of sp³-hybridized carbons (Fsp3) is 0.286. The van der Waals surface area contributed by atoms with Crippen molar-refractivity contribution in [3.63, 3.8) is 0 Å². The third kappa shape index (κ3) is 2.39. The maximum atomic E-state index is 12.4. The van der Waals surface area contributed by atoms with Crippen molar-refractivity contribution in [1.29, 1.82) is 0 Å². The molecule has 0 saturated heterocycles. The van der Waals surface area contributed by atoms with Crippen LogP contribution in [0, 0.1) is 0 Å². The second kappa shape index (κ2) is 5.60. The molecule has 2 aromatic heterocycles. The zero-order valence-corrected chi connectivity index (χ0v) is 11.7. The molecule has 0 fully saturated rings. The van der Waals surface area contributed by atoms with Crippen molar-refractivity contribution in [2.45, 2.75) is 25.3 Å². The average Bonchev–Trinajstić information content (AvgIpc) is 2.96. The van der Waals surface area contributed by atoms with E-state index in [0.29, 0.717) is 11.3 Å². The summed E-state index contributed by atoms with van der Waals surface area (Å²) in [6.07, 6.45) is 6.32. The van der Waals surface area contributed by atoms with Crippen LogP contribution in [0.2, 0.25) is 0 Å². The minimum absolute atomic E-state index is 0.0864. The lowest BCUT2D eigenvalue weighted by atomic mass is 9.94. The van der Waals surface area contributed by atoms with Gasteiger partial charge < -0.3 is 10.7 Å². The SMILES string of the molecule is NNc1ccncc1C(=O)NC1CCCc2sccc21. The lowest BCUT2D eigenvalue weighted by Gasteiger charge is -2.24. The maximum absolute atomic E-state index is 12.4. The quantitative estimate of drug-likeness (QED) is 0.597. The number of hydrazine groups is 1. The zero-order valence-electron chi connectivity index (χ0n) is 10.9. The normalized spacial score (nSPS) is 17.4. The summed E-state index contributed by atoms with van der Waals surface area (Å²) >= 11 is 1.76. The fourth-order valence-electron chi connectivity index (χ4n) is 2.57. The lowest BCUT2D eigenvalue weighted by molar-refractivity contribution is 0.0933. The van der Waals surface area contributed by atoms with Gasteiger partial charge in [-0.3, -0.25) is 15.6 Å². The molecule has 1 amide bonds. The first-order chi connectivity index (χ1) is 9.79. The van der Waals surface area contributed by atoms with Crippen LogP contribution in [0.25, 0.3) is 0 Å². The highest BCUT2D eigenvalue weighted by atomic mass is 32.1. The minimum Gasteiger partial charge on any atom is -0.345 e. The predicted molar refractivity (Wildman–Crippen MR) is 79.5 cm³/mol. The predicted octanol–water partition coefficient (Wildman–Crippen LogP) is 2.24. The van der Waals surface area contributed by atoms with Crippen molar-refractivity contribution in [2.24, 2.45) is 5.84 Å². The van der Waals surface area contributed by atoms with E-state index in [4.69, 9.17) is 5.84 Å². The number of nitrogens with two attached hydrogens (primary N) is 1. The number of carbonyl (C=O) groups is 1. The number of thiophene rings is 1. The molecule has 1 atom stereocenters. The van der Waals surface area contributed by atoms with E-state index < -0.39 is 0 Å². The highest BCUT2D eigenvalue weighted by Crippen LogP contribution is 2.33. The number of aromatic nitrogens is 1. The molecule has 4 N–H and O–H groups in total. The Labute approximate surface area is 121 Å². The number of anilines is 1. The van der Waals surface area contributed by atoms with Gasteiger partial charge in [0.25, 0.3) is 5.91 Å². The minimum atomic E-state index is -0.143. The van der Waals surface area contributed by atoms with Crippen LogP contribution in [0.5, 0.6) is 0 Å². The summed E-state index contributed by atoms with van der Waals surface area (Å²) in [6.45, 7) is 0. The van der Waals surface area contributed by atoms with Crippen molar-refractivity contribution in [2.75, 3.05) is 5.43 Å². The molecule has 2 aromatic rings. The van der Waals surface area contributed by atoms with Crippen LogP contribution in [-0.2, 0) is 6.42 Å². The smallest absolute Gasteiger partial charge is 0.255 e. The molecule has 0 bridgehead atoms. The molecule has 1 unspecified atom stereocenters. The Morgan fingerprint density at radius 2 is 2.35 bits per heavy atom. The van der Waals surface area contributed by atoms with Gasteiger partial charge in [0.05, 0.1) is 17.3 Å². The maximum Gasteiger partial charge on any atom is 0.255 e. The van der Waals surface area contributed by atoms with E-state index >= 15 is 0 Å². The number of fused-ring (bicyclic) bond motifs is 1. The molecule has 0 aromatic carbocycles. The number of amides is 1. The molecule has 1 aliphatic rings. The Balaban J connectivity index is 1.81. The summed E-state index contributed by atoms with van der Waals surface area (Å²) in [5.41, 5.74) is 4.83. The molecule has 6 heteroatoms. The zero-order chi connectivity index (χ0) is 13.9. The second-order valence-corrected chi connectivity index (χ2v) is 5.78. The first-order valence-electron chi connectivity index (χ1n) is 6.57. The highest BCUT2D eigenvalue weighted by Gasteiger charge is 2.23. The summed E-state index contributed by atoms with van der Waals surface area (Å²) in [7, 11) is 0. The van der Waals surface area contributed by atoms with Gasteiger partial charge in [0, 0.05) is 17.3 Å². The summed E-state index contributed by atoms with van der Waals surface area (Å²) in [5.74, 6) is 5.28. The Morgan fingerprint density at radius 1 is 1.45 bits per heavy atom. The Morgan fingerprint density at radius 3 is 3.20 bits per heavy atom. The van der Waals surface area contributed by atoms with Gasteiger partial charge in [-0.25, -0.2) is 0 Å². The number of nitrogens with one attached hydrogen (secondary N) is 2. The van der Waals surface area contributed by atoms with Crippen molar-refractivity contribution in [1.82, 2.24) is 10.3 Å². The van der Waals surface area contributed by atoms with Gasteiger partial charge in [0.1, 0.15) is 0 Å². The van der Waals surface area contributed by atoms with Gasteiger partial charge in [-0.2, -0.15) is 0 Å². The van der Waals surface area contributed by atoms with Crippen LogP contribution in [0.3, 0.4) is 0 Å². The van der Waals surface area contributed by atoms with Gasteiger partial charge in [-0.15, -0.1) is 11.3 Å². The summed E-state index contributed by atoms with van der Waals surface area (Å²) in [6, 6.07) is 3.88. The molecular formula is C14H16N4OS. The van der Waals surface area contributed by atoms with E-state index in [1.807, 2.05) is 0 Å². The summed E-state index contributed by atoms with van der Waals surface area (Å²) < 4.78 is 0. The van der Waals surface area contributed by atoms with Crippen LogP contribution in [0.4, 0.5) is 5.69 Å². The van der Waals surface area contributed by atoms with Crippen molar-refractivity contribution >= 4 is 22.9 Å². The molecule has 1 aliphatic carbocycles. The Kier molecular flexibility index (Phi) is 3.66. The van der Waals surface area contributed by atoms with Crippen LogP contribution >= 0.6 is 11.3 Å². The molecule has 0 saturated carbocycles. The number of rotatable bonds is 3. The molecule has 20 heavy (non-hydrogen) atoms. The van der Waals surface area contributed by atoms with E-state index in [9.17, 15) is 4.79 Å². The van der Waals surface area contributed by atoms with Crippen LogP contribution in [0.15, 0.2) is 29.9 Å². The van der Waals surface area contributed by atoms with Gasteiger partial charge in [-0.05, 0) is 42.3 Å². The second-order valence-electron chi connectivity index (χ2n) is 4.78. The number of carbonyl (C=O) groups excluding carboxylic acids is 1. The van der Waals surface area contributed by atoms with Crippen LogP contribution in [-0.4, -0.2) is 10.9 Å². The monoisotopic (exact) mass is 288 g/mol. The molecule has 0 spiro atoms. The van der Waals surface area contributed by atoms with E-state index in [1.165, 1.54) is 16.6 Å². The third-order valence-electron chi connectivity index (χ3n) is 3.58. The number of aryl methyl sites for hydroxylation is 1. The van der Waals surface area contributed by atoms with E-state index in [1.54, 1.807) is 23.6 Å². The van der Waals surface area contributed by atoms with Crippen LogP contribution < -0.4 is 16.6 Å². The van der Waals surface area contributed by atoms with E-state index in [-0.39, 0.29) is 11.9 Å². The van der Waals surface area contributed by atoms with E-state index in [2.05, 4.69) is 27.2 Å². The summed E-state index contributed by atoms with van der Waals surface area (Å²) in [4.78, 5) is 17.7. The number of hydrogen-bond donors (Lipinski definition) is 3. The number of nitrogen functional groups attached to an aromatic ring is 1. The molecule has 104 valence electrons. The largest absolute Gasteiger partial charge is 0.345 e. The standard InChI is InChI=1S/C14H16N4OS/c15-18-12-4-6-16-8-10(12)14(19)17-11-2-1-3-13-9(11)5-7-20-13/h4-8,11H,1-3,15H2,(H,16,18)(H,17,19). The third-order valence-corrected chi connectivity index (χ3v) is 4.57. The molecule has 3 rings (SSSR count). The average molecular weight is 288 g/mol. The Hall–Kier alpha value is -1.92.